The van der Waals surface area contributed by atoms with Gasteiger partial charge < -0.3 is 10.2 Å². The quantitative estimate of drug-likeness (QED) is 0.758. The molecule has 5 nitrogen and oxygen atoms in total. The van der Waals surface area contributed by atoms with Gasteiger partial charge in [0.25, 0.3) is 5.91 Å². The third kappa shape index (κ3) is 3.67. The number of nitrogens with one attached hydrogen (secondary N) is 1. The van der Waals surface area contributed by atoms with Crippen LogP contribution in [-0.2, 0) is 6.42 Å². The first-order valence-electron chi connectivity index (χ1n) is 9.25. The molecule has 1 atom stereocenters. The highest BCUT2D eigenvalue weighted by atomic mass is 16.2. The van der Waals surface area contributed by atoms with Crippen LogP contribution in [-0.4, -0.2) is 22.4 Å². The lowest BCUT2D eigenvalue weighted by atomic mass is 10.0. The van der Waals surface area contributed by atoms with Crippen LogP contribution in [0.3, 0.4) is 0 Å². The molecule has 27 heavy (non-hydrogen) atoms. The third-order valence-electron chi connectivity index (χ3n) is 4.89. The number of nitrogens with zero attached hydrogens (tertiary/aromatic N) is 3. The van der Waals surface area contributed by atoms with Crippen LogP contribution >= 0.6 is 0 Å². The van der Waals surface area contributed by atoms with Crippen molar-refractivity contribution in [2.75, 3.05) is 16.8 Å². The van der Waals surface area contributed by atoms with Crippen molar-refractivity contribution in [2.24, 2.45) is 0 Å². The summed E-state index contributed by atoms with van der Waals surface area (Å²) < 4.78 is 0. The van der Waals surface area contributed by atoms with Gasteiger partial charge in [0.2, 0.25) is 0 Å². The largest absolute Gasteiger partial charge is 0.362 e. The van der Waals surface area contributed by atoms with Crippen molar-refractivity contribution in [3.05, 3.63) is 83.8 Å². The van der Waals surface area contributed by atoms with Crippen molar-refractivity contribution in [1.82, 2.24) is 9.97 Å². The van der Waals surface area contributed by atoms with E-state index in [4.69, 9.17) is 0 Å². The molecule has 4 rings (SSSR count). The summed E-state index contributed by atoms with van der Waals surface area (Å²) in [6.07, 6.45) is 5.15. The van der Waals surface area contributed by atoms with Gasteiger partial charge in [-0.2, -0.15) is 0 Å². The molecular weight excluding hydrogens is 336 g/mol. The summed E-state index contributed by atoms with van der Waals surface area (Å²) in [7, 11) is 0. The van der Waals surface area contributed by atoms with E-state index in [0.717, 1.165) is 18.5 Å². The summed E-state index contributed by atoms with van der Waals surface area (Å²) in [6, 6.07) is 18.3. The molecule has 0 spiro atoms. The Hall–Kier alpha value is -3.21. The Bertz CT molecular complexity index is 925. The van der Waals surface area contributed by atoms with Crippen LogP contribution in [0.15, 0.2) is 67.0 Å². The Morgan fingerprint density at radius 1 is 1.04 bits per heavy atom. The number of benzene rings is 2. The highest BCUT2D eigenvalue weighted by Crippen LogP contribution is 2.27. The molecule has 1 unspecified atom stereocenters. The lowest BCUT2D eigenvalue weighted by Crippen LogP contribution is -2.36. The van der Waals surface area contributed by atoms with E-state index >= 15 is 0 Å². The van der Waals surface area contributed by atoms with Crippen LogP contribution in [0.4, 0.5) is 11.5 Å². The van der Waals surface area contributed by atoms with Gasteiger partial charge in [-0.1, -0.05) is 48.5 Å². The van der Waals surface area contributed by atoms with Crippen LogP contribution in [0.1, 0.15) is 41.0 Å². The maximum absolute atomic E-state index is 12.9. The van der Waals surface area contributed by atoms with Crippen molar-refractivity contribution in [1.29, 1.82) is 0 Å². The van der Waals surface area contributed by atoms with Gasteiger partial charge in [0.1, 0.15) is 11.5 Å². The van der Waals surface area contributed by atoms with Crippen molar-refractivity contribution in [3.63, 3.8) is 0 Å². The van der Waals surface area contributed by atoms with Crippen molar-refractivity contribution in [3.8, 4) is 0 Å². The Labute approximate surface area is 159 Å². The Morgan fingerprint density at radius 3 is 2.59 bits per heavy atom. The summed E-state index contributed by atoms with van der Waals surface area (Å²) in [5.41, 5.74) is 3.73. The van der Waals surface area contributed by atoms with Gasteiger partial charge in [-0.25, -0.2) is 9.97 Å². The van der Waals surface area contributed by atoms with Crippen molar-refractivity contribution < 1.29 is 4.79 Å². The van der Waals surface area contributed by atoms with Gasteiger partial charge in [-0.15, -0.1) is 0 Å². The van der Waals surface area contributed by atoms with Gasteiger partial charge in [0.15, 0.2) is 0 Å². The second kappa shape index (κ2) is 7.58. The second-order valence-electron chi connectivity index (χ2n) is 6.75. The number of aryl methyl sites for hydroxylation is 1. The zero-order valence-corrected chi connectivity index (χ0v) is 15.3. The van der Waals surface area contributed by atoms with E-state index in [2.05, 4.69) is 40.4 Å². The number of para-hydroxylation sites is 1. The lowest BCUT2D eigenvalue weighted by molar-refractivity contribution is 0.0980. The van der Waals surface area contributed by atoms with Gasteiger partial charge in [0, 0.05) is 18.3 Å². The van der Waals surface area contributed by atoms with Gasteiger partial charge in [-0.3, -0.25) is 4.79 Å². The second-order valence-corrected chi connectivity index (χ2v) is 6.75. The molecule has 0 saturated carbocycles. The predicted octanol–water partition coefficient (Wildman–Crippen LogP) is 4.24. The van der Waals surface area contributed by atoms with Crippen molar-refractivity contribution in [2.45, 2.75) is 25.8 Å². The van der Waals surface area contributed by atoms with Crippen molar-refractivity contribution >= 4 is 17.4 Å². The molecule has 2 heterocycles. The lowest BCUT2D eigenvalue weighted by Gasteiger charge is -2.29. The fraction of sp³-hybridized carbons (Fsp3) is 0.227. The summed E-state index contributed by atoms with van der Waals surface area (Å²) >= 11 is 0. The first kappa shape index (κ1) is 17.2. The normalized spacial score (nSPS) is 14.3. The number of fused-ring (bicyclic) bond motifs is 1. The van der Waals surface area contributed by atoms with Gasteiger partial charge in [-0.05, 0) is 37.0 Å². The van der Waals surface area contributed by atoms with E-state index in [1.165, 1.54) is 11.1 Å². The molecule has 0 radical (unpaired) electrons. The number of aromatic nitrogens is 2. The standard InChI is InChI=1S/C22H22N4O/c1-16(17-8-3-2-4-9-17)25-21-15-23-19(14-24-21)22(27)26-13-7-11-18-10-5-6-12-20(18)26/h2-6,8-10,12,14-16H,7,11,13H2,1H3,(H,24,25). The number of carbonyl (C=O) groups is 1. The minimum Gasteiger partial charge on any atom is -0.362 e. The molecule has 0 fully saturated rings. The molecule has 3 aromatic rings. The van der Waals surface area contributed by atoms with E-state index in [1.54, 1.807) is 12.4 Å². The minimum atomic E-state index is -0.0997. The van der Waals surface area contributed by atoms with Crippen LogP contribution in [0.25, 0.3) is 0 Å². The SMILES string of the molecule is CC(Nc1cnc(C(=O)N2CCCc3ccccc32)cn1)c1ccccc1. The molecule has 0 saturated heterocycles. The zero-order chi connectivity index (χ0) is 18.6. The first-order valence-corrected chi connectivity index (χ1v) is 9.25. The molecule has 1 aliphatic rings. The third-order valence-corrected chi connectivity index (χ3v) is 4.89. The molecule has 0 aliphatic carbocycles. The fourth-order valence-corrected chi connectivity index (χ4v) is 3.44. The molecule has 1 aliphatic heterocycles. The van der Waals surface area contributed by atoms with E-state index in [1.807, 2.05) is 41.3 Å². The van der Waals surface area contributed by atoms with E-state index in [9.17, 15) is 4.79 Å². The smallest absolute Gasteiger partial charge is 0.278 e. The Morgan fingerprint density at radius 2 is 1.81 bits per heavy atom. The van der Waals surface area contributed by atoms with E-state index in [0.29, 0.717) is 18.1 Å². The molecule has 1 amide bonds. The monoisotopic (exact) mass is 358 g/mol. The maximum Gasteiger partial charge on any atom is 0.278 e. The highest BCUT2D eigenvalue weighted by Gasteiger charge is 2.24. The Kier molecular flexibility index (Phi) is 4.83. The number of amides is 1. The average Bonchev–Trinajstić information content (AvgIpc) is 2.74. The van der Waals surface area contributed by atoms with Gasteiger partial charge in [0.05, 0.1) is 12.4 Å². The Balaban J connectivity index is 1.49. The van der Waals surface area contributed by atoms with Crippen LogP contribution in [0.2, 0.25) is 0 Å². The molecule has 1 aromatic heterocycles. The topological polar surface area (TPSA) is 58.1 Å². The number of carbonyl (C=O) groups excluding carboxylic acids is 1. The summed E-state index contributed by atoms with van der Waals surface area (Å²) in [4.78, 5) is 23.5. The minimum absolute atomic E-state index is 0.0997. The molecular formula is C22H22N4O. The zero-order valence-electron chi connectivity index (χ0n) is 15.3. The fourth-order valence-electron chi connectivity index (χ4n) is 3.44. The van der Waals surface area contributed by atoms with E-state index in [-0.39, 0.29) is 11.9 Å². The molecule has 5 heteroatoms. The van der Waals surface area contributed by atoms with Crippen LogP contribution in [0.5, 0.6) is 0 Å². The van der Waals surface area contributed by atoms with Crippen LogP contribution in [0, 0.1) is 0 Å². The van der Waals surface area contributed by atoms with E-state index < -0.39 is 0 Å². The summed E-state index contributed by atoms with van der Waals surface area (Å²) in [5.74, 6) is 0.555. The molecule has 2 aromatic carbocycles. The highest BCUT2D eigenvalue weighted by molar-refractivity contribution is 6.05. The molecule has 136 valence electrons. The number of hydrogen-bond donors (Lipinski definition) is 1. The van der Waals surface area contributed by atoms with Crippen LogP contribution < -0.4 is 10.2 Å². The number of anilines is 2. The number of rotatable bonds is 4. The predicted molar refractivity (Wildman–Crippen MR) is 107 cm³/mol. The first-order chi connectivity index (χ1) is 13.2. The number of hydrogen-bond acceptors (Lipinski definition) is 4. The summed E-state index contributed by atoms with van der Waals surface area (Å²) in [5, 5.41) is 3.32. The molecule has 1 N–H and O–H groups in total. The molecule has 0 bridgehead atoms. The maximum atomic E-state index is 12.9. The summed E-state index contributed by atoms with van der Waals surface area (Å²) in [6.45, 7) is 2.78. The average molecular weight is 358 g/mol. The van der Waals surface area contributed by atoms with Gasteiger partial charge >= 0.3 is 0 Å².